The molecule has 0 saturated heterocycles. The third kappa shape index (κ3) is 2.57. The maximum Gasteiger partial charge on any atom is 0.356 e. The van der Waals surface area contributed by atoms with Crippen molar-refractivity contribution < 1.29 is 14.7 Å². The van der Waals surface area contributed by atoms with E-state index in [0.29, 0.717) is 5.82 Å². The van der Waals surface area contributed by atoms with Crippen LogP contribution in [0.15, 0.2) is 24.7 Å². The number of carbonyl (C=O) groups is 2. The van der Waals surface area contributed by atoms with E-state index in [0.717, 1.165) is 0 Å². The van der Waals surface area contributed by atoms with Crippen LogP contribution in [0.2, 0.25) is 0 Å². The molecule has 0 aliphatic heterocycles. The highest BCUT2D eigenvalue weighted by atomic mass is 16.4. The van der Waals surface area contributed by atoms with Crippen molar-refractivity contribution in [1.29, 1.82) is 0 Å². The first-order valence-electron chi connectivity index (χ1n) is 5.32. The molecular formula is C11H11N5O3. The van der Waals surface area contributed by atoms with Crippen molar-refractivity contribution in [3.63, 3.8) is 0 Å². The Morgan fingerprint density at radius 1 is 1.21 bits per heavy atom. The lowest BCUT2D eigenvalue weighted by Gasteiger charge is -2.08. The van der Waals surface area contributed by atoms with E-state index in [1.54, 1.807) is 20.2 Å². The van der Waals surface area contributed by atoms with Gasteiger partial charge in [0, 0.05) is 20.3 Å². The van der Waals surface area contributed by atoms with Gasteiger partial charge in [-0.1, -0.05) is 0 Å². The molecule has 1 N–H and O–H groups in total. The summed E-state index contributed by atoms with van der Waals surface area (Å²) in [5.41, 5.74) is 0.127. The summed E-state index contributed by atoms with van der Waals surface area (Å²) in [5, 5.41) is 16.4. The van der Waals surface area contributed by atoms with Crippen molar-refractivity contribution in [2.45, 2.75) is 0 Å². The van der Waals surface area contributed by atoms with Crippen LogP contribution in [0, 0.1) is 0 Å². The molecule has 0 saturated carbocycles. The summed E-state index contributed by atoms with van der Waals surface area (Å²) >= 11 is 0. The molecule has 0 radical (unpaired) electrons. The van der Waals surface area contributed by atoms with Gasteiger partial charge >= 0.3 is 5.97 Å². The normalized spacial score (nSPS) is 10.2. The van der Waals surface area contributed by atoms with Crippen LogP contribution in [0.4, 0.5) is 0 Å². The second kappa shape index (κ2) is 4.84. The molecule has 0 spiro atoms. The van der Waals surface area contributed by atoms with Gasteiger partial charge in [-0.05, 0) is 12.1 Å². The zero-order chi connectivity index (χ0) is 14.0. The second-order valence-corrected chi connectivity index (χ2v) is 3.95. The Morgan fingerprint density at radius 3 is 2.42 bits per heavy atom. The summed E-state index contributed by atoms with van der Waals surface area (Å²) < 4.78 is 1.42. The van der Waals surface area contributed by atoms with Gasteiger partial charge in [-0.2, -0.15) is 0 Å². The minimum absolute atomic E-state index is 0.0877. The monoisotopic (exact) mass is 261 g/mol. The predicted octanol–water partition coefficient (Wildman–Crippen LogP) is 0.0623. The summed E-state index contributed by atoms with van der Waals surface area (Å²) in [6.45, 7) is 0. The molecule has 8 nitrogen and oxygen atoms in total. The minimum Gasteiger partial charge on any atom is -0.476 e. The zero-order valence-corrected chi connectivity index (χ0v) is 10.3. The van der Waals surface area contributed by atoms with Gasteiger partial charge in [0.15, 0.2) is 17.2 Å². The summed E-state index contributed by atoms with van der Waals surface area (Å²) in [6.07, 6.45) is 2.64. The number of aromatic nitrogens is 4. The van der Waals surface area contributed by atoms with E-state index in [4.69, 9.17) is 5.11 Å². The summed E-state index contributed by atoms with van der Waals surface area (Å²) in [4.78, 5) is 27.4. The first kappa shape index (κ1) is 12.7. The Labute approximate surface area is 108 Å². The molecule has 2 aromatic heterocycles. The number of hydrogen-bond acceptors (Lipinski definition) is 5. The molecule has 0 aliphatic carbocycles. The highest BCUT2D eigenvalue weighted by molar-refractivity contribution is 5.91. The Kier molecular flexibility index (Phi) is 3.23. The highest BCUT2D eigenvalue weighted by Gasteiger charge is 2.12. The fraction of sp³-hybridized carbons (Fsp3) is 0.182. The number of hydrogen-bond donors (Lipinski definition) is 1. The van der Waals surface area contributed by atoms with Crippen molar-refractivity contribution in [2.24, 2.45) is 0 Å². The average Bonchev–Trinajstić information content (AvgIpc) is 2.87. The Balaban J connectivity index is 2.27. The van der Waals surface area contributed by atoms with Crippen molar-refractivity contribution in [3.8, 4) is 5.82 Å². The van der Waals surface area contributed by atoms with Gasteiger partial charge in [0.2, 0.25) is 0 Å². The van der Waals surface area contributed by atoms with Crippen LogP contribution >= 0.6 is 0 Å². The third-order valence-electron chi connectivity index (χ3n) is 2.34. The summed E-state index contributed by atoms with van der Waals surface area (Å²) in [5.74, 6) is -0.989. The molecule has 0 bridgehead atoms. The summed E-state index contributed by atoms with van der Waals surface area (Å²) in [6, 6.07) is 3.09. The van der Waals surface area contributed by atoms with Crippen LogP contribution in [-0.4, -0.2) is 55.7 Å². The number of amides is 1. The van der Waals surface area contributed by atoms with Crippen molar-refractivity contribution >= 4 is 11.9 Å². The van der Waals surface area contributed by atoms with Crippen LogP contribution in [-0.2, 0) is 0 Å². The fourth-order valence-electron chi connectivity index (χ4n) is 1.36. The Bertz CT molecular complexity index is 618. The van der Waals surface area contributed by atoms with Gasteiger partial charge in [-0.3, -0.25) is 9.36 Å². The summed E-state index contributed by atoms with van der Waals surface area (Å²) in [7, 11) is 3.24. The topological polar surface area (TPSA) is 101 Å². The molecule has 0 atom stereocenters. The van der Waals surface area contributed by atoms with Gasteiger partial charge in [0.1, 0.15) is 6.33 Å². The van der Waals surface area contributed by atoms with Gasteiger partial charge in [-0.25, -0.2) is 9.78 Å². The van der Waals surface area contributed by atoms with Crippen molar-refractivity contribution in [1.82, 2.24) is 24.6 Å². The maximum atomic E-state index is 11.6. The van der Waals surface area contributed by atoms with E-state index in [-0.39, 0.29) is 17.3 Å². The predicted molar refractivity (Wildman–Crippen MR) is 64.1 cm³/mol. The number of carboxylic acids is 1. The molecule has 19 heavy (non-hydrogen) atoms. The lowest BCUT2D eigenvalue weighted by Crippen LogP contribution is -2.23. The molecule has 2 aromatic rings. The second-order valence-electron chi connectivity index (χ2n) is 3.95. The van der Waals surface area contributed by atoms with Crippen LogP contribution in [0.1, 0.15) is 21.0 Å². The fourth-order valence-corrected chi connectivity index (χ4v) is 1.36. The van der Waals surface area contributed by atoms with E-state index in [2.05, 4.69) is 15.2 Å². The molecule has 1 amide bonds. The smallest absolute Gasteiger partial charge is 0.356 e. The number of imidazole rings is 1. The van der Waals surface area contributed by atoms with E-state index >= 15 is 0 Å². The molecule has 0 unspecified atom stereocenters. The molecule has 0 aliphatic rings. The van der Waals surface area contributed by atoms with Crippen LogP contribution in [0.25, 0.3) is 5.82 Å². The Hall–Kier alpha value is -2.77. The molecule has 0 fully saturated rings. The van der Waals surface area contributed by atoms with Gasteiger partial charge in [0.05, 0.1) is 0 Å². The average molecular weight is 261 g/mol. The first-order valence-corrected chi connectivity index (χ1v) is 5.32. The number of aromatic carboxylic acids is 1. The SMILES string of the molecule is CN(C)C(=O)c1ccc(-n2cnc(C(=O)O)c2)nn1. The molecule has 98 valence electrons. The lowest BCUT2D eigenvalue weighted by atomic mass is 10.3. The van der Waals surface area contributed by atoms with E-state index < -0.39 is 5.97 Å². The maximum absolute atomic E-state index is 11.6. The van der Waals surface area contributed by atoms with Crippen molar-refractivity contribution in [3.05, 3.63) is 36.0 Å². The number of carbonyl (C=O) groups excluding carboxylic acids is 1. The van der Waals surface area contributed by atoms with E-state index in [9.17, 15) is 9.59 Å². The highest BCUT2D eigenvalue weighted by Crippen LogP contribution is 2.06. The molecule has 8 heteroatoms. The van der Waals surface area contributed by atoms with Gasteiger partial charge < -0.3 is 10.0 Å². The largest absolute Gasteiger partial charge is 0.476 e. The zero-order valence-electron chi connectivity index (χ0n) is 10.3. The minimum atomic E-state index is -1.12. The number of nitrogens with zero attached hydrogens (tertiary/aromatic N) is 5. The molecule has 0 aromatic carbocycles. The first-order chi connectivity index (χ1) is 8.99. The molecule has 2 heterocycles. The Morgan fingerprint density at radius 2 is 1.95 bits per heavy atom. The lowest BCUT2D eigenvalue weighted by molar-refractivity contribution is 0.0690. The van der Waals surface area contributed by atoms with E-state index in [1.165, 1.54) is 28.1 Å². The van der Waals surface area contributed by atoms with Crippen LogP contribution in [0.3, 0.4) is 0 Å². The molecule has 2 rings (SSSR count). The van der Waals surface area contributed by atoms with Crippen molar-refractivity contribution in [2.75, 3.05) is 14.1 Å². The molecular weight excluding hydrogens is 250 g/mol. The number of rotatable bonds is 3. The van der Waals surface area contributed by atoms with E-state index in [1.807, 2.05) is 0 Å². The van der Waals surface area contributed by atoms with Gasteiger partial charge in [-0.15, -0.1) is 10.2 Å². The standard InChI is InChI=1S/C11H11N5O3/c1-15(2)10(17)7-3-4-9(14-13-7)16-5-8(11(18)19)12-6-16/h3-6H,1-2H3,(H,18,19). The third-order valence-corrected chi connectivity index (χ3v) is 2.34. The number of carboxylic acid groups (broad SMARTS) is 1. The van der Waals surface area contributed by atoms with Crippen LogP contribution < -0.4 is 0 Å². The van der Waals surface area contributed by atoms with Crippen LogP contribution in [0.5, 0.6) is 0 Å². The van der Waals surface area contributed by atoms with Gasteiger partial charge in [0.25, 0.3) is 5.91 Å². The quantitative estimate of drug-likeness (QED) is 0.838.